The summed E-state index contributed by atoms with van der Waals surface area (Å²) in [6.07, 6.45) is 1.29. The molecule has 3 rings (SSSR count). The van der Waals surface area contributed by atoms with Crippen molar-refractivity contribution in [1.82, 2.24) is 9.80 Å². The van der Waals surface area contributed by atoms with Crippen LogP contribution in [0.1, 0.15) is 35.0 Å². The van der Waals surface area contributed by atoms with Gasteiger partial charge in [-0.3, -0.25) is 9.59 Å². The maximum absolute atomic E-state index is 12.6. The highest BCUT2D eigenvalue weighted by Gasteiger charge is 2.36. The Morgan fingerprint density at radius 3 is 2.63 bits per heavy atom. The molecular weight excluding hydrogens is 404 g/mol. The van der Waals surface area contributed by atoms with Crippen LogP contribution in [0.15, 0.2) is 41.8 Å². The smallest absolute Gasteiger partial charge is 0.329 e. The van der Waals surface area contributed by atoms with Gasteiger partial charge in [0.2, 0.25) is 0 Å². The molecule has 1 aromatic carbocycles. The first-order valence-electron chi connectivity index (χ1n) is 9.96. The fourth-order valence-electron chi connectivity index (χ4n) is 3.36. The highest BCUT2D eigenvalue weighted by atomic mass is 32.1. The van der Waals surface area contributed by atoms with E-state index in [1.54, 1.807) is 24.1 Å². The van der Waals surface area contributed by atoms with E-state index in [1.165, 1.54) is 16.2 Å². The van der Waals surface area contributed by atoms with Crippen LogP contribution in [0.2, 0.25) is 0 Å². The highest BCUT2D eigenvalue weighted by Crippen LogP contribution is 2.23. The second kappa shape index (κ2) is 10.2. The van der Waals surface area contributed by atoms with Crippen LogP contribution in [-0.2, 0) is 20.9 Å². The SMILES string of the molecule is CCOc1ccc(CN(C)C(=O)COC(=O)[C@@H]2CCCN2C(=O)c2cccs2)cc1. The number of ether oxygens (including phenoxy) is 2. The lowest BCUT2D eigenvalue weighted by Crippen LogP contribution is -2.42. The number of amides is 2. The summed E-state index contributed by atoms with van der Waals surface area (Å²) in [7, 11) is 1.66. The number of hydrogen-bond acceptors (Lipinski definition) is 6. The number of likely N-dealkylation sites (tertiary alicyclic amines) is 1. The van der Waals surface area contributed by atoms with Crippen LogP contribution in [0.5, 0.6) is 5.75 Å². The molecule has 8 heteroatoms. The topological polar surface area (TPSA) is 76.2 Å². The van der Waals surface area contributed by atoms with E-state index in [0.717, 1.165) is 17.7 Å². The second-order valence-corrected chi connectivity index (χ2v) is 8.02. The van der Waals surface area contributed by atoms with E-state index < -0.39 is 12.0 Å². The summed E-state index contributed by atoms with van der Waals surface area (Å²) in [4.78, 5) is 41.1. The third kappa shape index (κ3) is 5.38. The number of esters is 1. The van der Waals surface area contributed by atoms with Crippen molar-refractivity contribution in [2.24, 2.45) is 0 Å². The number of carbonyl (C=O) groups excluding carboxylic acids is 3. The maximum Gasteiger partial charge on any atom is 0.329 e. The van der Waals surface area contributed by atoms with Crippen molar-refractivity contribution in [2.75, 3.05) is 26.8 Å². The number of carbonyl (C=O) groups is 3. The number of likely N-dealkylation sites (N-methyl/N-ethyl adjacent to an activating group) is 1. The predicted molar refractivity (Wildman–Crippen MR) is 113 cm³/mol. The highest BCUT2D eigenvalue weighted by molar-refractivity contribution is 7.12. The van der Waals surface area contributed by atoms with Crippen LogP contribution < -0.4 is 4.74 Å². The standard InChI is InChI=1S/C22H26N2O5S/c1-3-28-17-10-8-16(9-11-17)14-23(2)20(25)15-29-22(27)18-6-4-12-24(18)21(26)19-7-5-13-30-19/h5,7-11,13,18H,3-4,6,12,14-15H2,1-2H3/t18-/m0/s1. The molecule has 0 spiro atoms. The van der Waals surface area contributed by atoms with Gasteiger partial charge in [-0.25, -0.2) is 4.79 Å². The quantitative estimate of drug-likeness (QED) is 0.602. The van der Waals surface area contributed by atoms with Crippen molar-refractivity contribution < 1.29 is 23.9 Å². The molecule has 160 valence electrons. The number of hydrogen-bond donors (Lipinski definition) is 0. The van der Waals surface area contributed by atoms with E-state index in [1.807, 2.05) is 36.6 Å². The fraction of sp³-hybridized carbons (Fsp3) is 0.409. The molecule has 0 N–H and O–H groups in total. The Morgan fingerprint density at radius 2 is 1.97 bits per heavy atom. The number of nitrogens with zero attached hydrogens (tertiary/aromatic N) is 2. The summed E-state index contributed by atoms with van der Waals surface area (Å²) >= 11 is 1.35. The Labute approximate surface area is 180 Å². The third-order valence-corrected chi connectivity index (χ3v) is 5.79. The monoisotopic (exact) mass is 430 g/mol. The molecule has 1 atom stereocenters. The van der Waals surface area contributed by atoms with Gasteiger partial charge < -0.3 is 19.3 Å². The van der Waals surface area contributed by atoms with Crippen LogP contribution in [0, 0.1) is 0 Å². The van der Waals surface area contributed by atoms with E-state index in [9.17, 15) is 14.4 Å². The van der Waals surface area contributed by atoms with E-state index in [4.69, 9.17) is 9.47 Å². The molecule has 1 aliphatic rings. The van der Waals surface area contributed by atoms with Crippen molar-refractivity contribution in [2.45, 2.75) is 32.4 Å². The first-order chi connectivity index (χ1) is 14.5. The van der Waals surface area contributed by atoms with Gasteiger partial charge in [-0.05, 0) is 48.9 Å². The lowest BCUT2D eigenvalue weighted by molar-refractivity contribution is -0.154. The van der Waals surface area contributed by atoms with Crippen LogP contribution in [0.4, 0.5) is 0 Å². The summed E-state index contributed by atoms with van der Waals surface area (Å²) in [5.41, 5.74) is 0.948. The molecule has 1 saturated heterocycles. The summed E-state index contributed by atoms with van der Waals surface area (Å²) in [6, 6.07) is 10.4. The lowest BCUT2D eigenvalue weighted by atomic mass is 10.2. The van der Waals surface area contributed by atoms with Crippen molar-refractivity contribution in [3.05, 3.63) is 52.2 Å². The zero-order chi connectivity index (χ0) is 21.5. The predicted octanol–water partition coefficient (Wildman–Crippen LogP) is 2.95. The summed E-state index contributed by atoms with van der Waals surface area (Å²) < 4.78 is 10.7. The Hall–Kier alpha value is -2.87. The molecule has 1 fully saturated rings. The van der Waals surface area contributed by atoms with Crippen molar-refractivity contribution in [3.63, 3.8) is 0 Å². The molecule has 0 unspecified atom stereocenters. The minimum atomic E-state index is -0.635. The van der Waals surface area contributed by atoms with Crippen molar-refractivity contribution in [1.29, 1.82) is 0 Å². The first-order valence-corrected chi connectivity index (χ1v) is 10.8. The normalized spacial score (nSPS) is 15.7. The van der Waals surface area contributed by atoms with E-state index in [0.29, 0.717) is 31.0 Å². The maximum atomic E-state index is 12.6. The molecule has 0 aliphatic carbocycles. The van der Waals surface area contributed by atoms with Crippen molar-refractivity contribution in [3.8, 4) is 5.75 Å². The summed E-state index contributed by atoms with van der Waals surface area (Å²) in [6.45, 7) is 3.09. The molecule has 1 aromatic heterocycles. The molecule has 2 aromatic rings. The molecule has 0 bridgehead atoms. The fourth-order valence-corrected chi connectivity index (χ4v) is 4.03. The number of thiophene rings is 1. The van der Waals surface area contributed by atoms with Gasteiger partial charge >= 0.3 is 5.97 Å². The van der Waals surface area contributed by atoms with E-state index >= 15 is 0 Å². The molecule has 7 nitrogen and oxygen atoms in total. The molecule has 2 amide bonds. The summed E-state index contributed by atoms with van der Waals surface area (Å²) in [5, 5.41) is 1.83. The molecule has 0 saturated carbocycles. The number of rotatable bonds is 8. The minimum Gasteiger partial charge on any atom is -0.494 e. The van der Waals surface area contributed by atoms with Gasteiger partial charge in [0.1, 0.15) is 11.8 Å². The van der Waals surface area contributed by atoms with Gasteiger partial charge in [-0.2, -0.15) is 0 Å². The van der Waals surface area contributed by atoms with Crippen LogP contribution in [0.3, 0.4) is 0 Å². The number of benzene rings is 1. The molecular formula is C22H26N2O5S. The zero-order valence-electron chi connectivity index (χ0n) is 17.2. The molecule has 2 heterocycles. The van der Waals surface area contributed by atoms with E-state index in [2.05, 4.69) is 0 Å². The van der Waals surface area contributed by atoms with Crippen LogP contribution in [0.25, 0.3) is 0 Å². The third-order valence-electron chi connectivity index (χ3n) is 4.94. The van der Waals surface area contributed by atoms with Gasteiger partial charge in [0.05, 0.1) is 11.5 Å². The first kappa shape index (κ1) is 21.8. The average molecular weight is 431 g/mol. The minimum absolute atomic E-state index is 0.164. The largest absolute Gasteiger partial charge is 0.494 e. The Bertz CT molecular complexity index is 866. The second-order valence-electron chi connectivity index (χ2n) is 7.07. The lowest BCUT2D eigenvalue weighted by Gasteiger charge is -2.23. The molecule has 30 heavy (non-hydrogen) atoms. The van der Waals surface area contributed by atoms with Crippen LogP contribution >= 0.6 is 11.3 Å². The average Bonchev–Trinajstić information content (AvgIpc) is 3.45. The zero-order valence-corrected chi connectivity index (χ0v) is 18.0. The molecule has 0 radical (unpaired) electrons. The van der Waals surface area contributed by atoms with E-state index in [-0.39, 0.29) is 18.4 Å². The van der Waals surface area contributed by atoms with Gasteiger partial charge in [-0.1, -0.05) is 18.2 Å². The Kier molecular flexibility index (Phi) is 7.46. The Morgan fingerprint density at radius 1 is 1.20 bits per heavy atom. The van der Waals surface area contributed by atoms with Crippen LogP contribution in [-0.4, -0.2) is 60.4 Å². The Balaban J connectivity index is 1.49. The van der Waals surface area contributed by atoms with Gasteiger partial charge in [0.25, 0.3) is 11.8 Å². The van der Waals surface area contributed by atoms with Gasteiger partial charge in [-0.15, -0.1) is 11.3 Å². The molecule has 1 aliphatic heterocycles. The van der Waals surface area contributed by atoms with Gasteiger partial charge in [0, 0.05) is 20.1 Å². The van der Waals surface area contributed by atoms with Gasteiger partial charge in [0.15, 0.2) is 6.61 Å². The summed E-state index contributed by atoms with van der Waals surface area (Å²) in [5.74, 6) is -0.211. The van der Waals surface area contributed by atoms with Crippen molar-refractivity contribution >= 4 is 29.1 Å².